The topological polar surface area (TPSA) is 59.7 Å². The first-order valence-corrected chi connectivity index (χ1v) is 5.04. The lowest BCUT2D eigenvalue weighted by atomic mass is 10.2. The first-order chi connectivity index (χ1) is 7.63. The highest BCUT2D eigenvalue weighted by atomic mass is 16.5. The van der Waals surface area contributed by atoms with Crippen molar-refractivity contribution in [3.8, 4) is 0 Å². The van der Waals surface area contributed by atoms with Gasteiger partial charge in [-0.15, -0.1) is 0 Å². The van der Waals surface area contributed by atoms with E-state index in [0.717, 1.165) is 5.71 Å². The first kappa shape index (κ1) is 10.8. The summed E-state index contributed by atoms with van der Waals surface area (Å²) in [5.74, 6) is 0.616. The maximum Gasteiger partial charge on any atom is 0.254 e. The Labute approximate surface area is 93.5 Å². The molecule has 6 nitrogen and oxygen atoms in total. The second-order valence-corrected chi connectivity index (χ2v) is 3.66. The van der Waals surface area contributed by atoms with Gasteiger partial charge in [-0.05, 0) is 6.92 Å². The van der Waals surface area contributed by atoms with Crippen LogP contribution in [0.3, 0.4) is 0 Å². The van der Waals surface area contributed by atoms with Crippen molar-refractivity contribution in [2.24, 2.45) is 12.1 Å². The fraction of sp³-hybridized carbons (Fsp3) is 0.500. The highest BCUT2D eigenvalue weighted by molar-refractivity contribution is 6.14. The Morgan fingerprint density at radius 1 is 1.56 bits per heavy atom. The Hall–Kier alpha value is -1.69. The van der Waals surface area contributed by atoms with E-state index in [1.807, 2.05) is 6.92 Å². The Morgan fingerprint density at radius 3 is 2.88 bits per heavy atom. The van der Waals surface area contributed by atoms with Crippen LogP contribution in [-0.4, -0.2) is 34.6 Å². The quantitative estimate of drug-likeness (QED) is 0.750. The molecule has 0 radical (unpaired) electrons. The zero-order chi connectivity index (χ0) is 11.7. The number of carbonyl (C=O) groups is 1. The molecule has 1 aromatic rings. The fourth-order valence-corrected chi connectivity index (χ4v) is 1.56. The lowest BCUT2D eigenvalue weighted by molar-refractivity contribution is -0.117. The van der Waals surface area contributed by atoms with Gasteiger partial charge in [-0.1, -0.05) is 0 Å². The van der Waals surface area contributed by atoms with Crippen molar-refractivity contribution >= 4 is 17.4 Å². The maximum absolute atomic E-state index is 11.8. The number of anilines is 1. The third-order valence-electron chi connectivity index (χ3n) is 2.63. The van der Waals surface area contributed by atoms with Crippen molar-refractivity contribution in [1.82, 2.24) is 9.78 Å². The molecule has 2 heterocycles. The number of nitrogens with zero attached hydrogens (tertiary/aromatic N) is 4. The number of aromatic nitrogens is 2. The minimum Gasteiger partial charge on any atom is -0.376 e. The highest BCUT2D eigenvalue weighted by Gasteiger charge is 2.29. The van der Waals surface area contributed by atoms with Gasteiger partial charge in [0, 0.05) is 20.2 Å². The van der Waals surface area contributed by atoms with E-state index in [1.54, 1.807) is 31.1 Å². The molecule has 0 fully saturated rings. The fourth-order valence-electron chi connectivity index (χ4n) is 1.56. The van der Waals surface area contributed by atoms with E-state index in [4.69, 9.17) is 4.74 Å². The summed E-state index contributed by atoms with van der Waals surface area (Å²) in [6.07, 6.45) is 1.80. The van der Waals surface area contributed by atoms with Crippen LogP contribution in [0, 0.1) is 0 Å². The van der Waals surface area contributed by atoms with E-state index < -0.39 is 0 Å². The molecule has 0 aromatic carbocycles. The zero-order valence-corrected chi connectivity index (χ0v) is 9.54. The van der Waals surface area contributed by atoms with Gasteiger partial charge in [0.25, 0.3) is 5.91 Å². The minimum absolute atomic E-state index is 0.0532. The normalized spacial score (nSPS) is 17.8. The van der Waals surface area contributed by atoms with Gasteiger partial charge < -0.3 is 4.74 Å². The molecule has 0 bridgehead atoms. The summed E-state index contributed by atoms with van der Waals surface area (Å²) in [6.45, 7) is 1.87. The van der Waals surface area contributed by atoms with Gasteiger partial charge in [-0.2, -0.15) is 15.2 Å². The number of aryl methyl sites for hydroxylation is 1. The van der Waals surface area contributed by atoms with Crippen LogP contribution in [0.2, 0.25) is 0 Å². The standard InChI is InChI=1S/C10H14N4O2/c1-7(16-3)8-6-10(15)14(12-8)9-4-5-11-13(9)2/h4-5,7H,6H2,1-3H3. The second-order valence-electron chi connectivity index (χ2n) is 3.66. The molecule has 0 saturated heterocycles. The summed E-state index contributed by atoms with van der Waals surface area (Å²) in [7, 11) is 3.38. The van der Waals surface area contributed by atoms with Crippen LogP contribution in [0.15, 0.2) is 17.4 Å². The molecule has 1 unspecified atom stereocenters. The van der Waals surface area contributed by atoms with Crippen LogP contribution in [0.25, 0.3) is 0 Å². The van der Waals surface area contributed by atoms with E-state index in [-0.39, 0.29) is 12.0 Å². The molecule has 1 aliphatic rings. The average molecular weight is 222 g/mol. The van der Waals surface area contributed by atoms with E-state index >= 15 is 0 Å². The number of hydrogen-bond donors (Lipinski definition) is 0. The Kier molecular flexibility index (Phi) is 2.74. The molecule has 0 spiro atoms. The molecule has 0 saturated carbocycles. The zero-order valence-electron chi connectivity index (χ0n) is 9.54. The number of carbonyl (C=O) groups excluding carboxylic acids is 1. The van der Waals surface area contributed by atoms with E-state index in [0.29, 0.717) is 12.2 Å². The third-order valence-corrected chi connectivity index (χ3v) is 2.63. The number of hydrazone groups is 1. The van der Waals surface area contributed by atoms with Gasteiger partial charge in [-0.25, -0.2) is 0 Å². The molecule has 2 rings (SSSR count). The third kappa shape index (κ3) is 1.71. The van der Waals surface area contributed by atoms with Gasteiger partial charge in [0.15, 0.2) is 5.82 Å². The lowest BCUT2D eigenvalue weighted by Gasteiger charge is -2.11. The molecule has 6 heteroatoms. The van der Waals surface area contributed by atoms with Crippen molar-refractivity contribution in [2.75, 3.05) is 12.1 Å². The number of rotatable bonds is 3. The summed E-state index contributed by atoms with van der Waals surface area (Å²) in [4.78, 5) is 11.8. The first-order valence-electron chi connectivity index (χ1n) is 5.04. The van der Waals surface area contributed by atoms with Crippen LogP contribution >= 0.6 is 0 Å². The average Bonchev–Trinajstić information content (AvgIpc) is 2.83. The smallest absolute Gasteiger partial charge is 0.254 e. The van der Waals surface area contributed by atoms with Gasteiger partial charge in [-0.3, -0.25) is 9.48 Å². The largest absolute Gasteiger partial charge is 0.376 e. The Balaban J connectivity index is 2.27. The SMILES string of the molecule is COC(C)C1=NN(c2ccnn2C)C(=O)C1. The molecular weight excluding hydrogens is 208 g/mol. The molecule has 86 valence electrons. The Morgan fingerprint density at radius 2 is 2.31 bits per heavy atom. The monoisotopic (exact) mass is 222 g/mol. The van der Waals surface area contributed by atoms with E-state index in [2.05, 4.69) is 10.2 Å². The molecule has 1 atom stereocenters. The lowest BCUT2D eigenvalue weighted by Crippen LogP contribution is -2.22. The van der Waals surface area contributed by atoms with Crippen molar-refractivity contribution < 1.29 is 9.53 Å². The van der Waals surface area contributed by atoms with Gasteiger partial charge in [0.05, 0.1) is 24.4 Å². The van der Waals surface area contributed by atoms with Crippen molar-refractivity contribution in [1.29, 1.82) is 0 Å². The van der Waals surface area contributed by atoms with Crippen LogP contribution in [0.4, 0.5) is 5.82 Å². The number of ether oxygens (including phenoxy) is 1. The molecular formula is C10H14N4O2. The Bertz CT molecular complexity index is 438. The number of hydrogen-bond acceptors (Lipinski definition) is 4. The summed E-state index contributed by atoms with van der Waals surface area (Å²) >= 11 is 0. The van der Waals surface area contributed by atoms with Crippen molar-refractivity contribution in [3.63, 3.8) is 0 Å². The maximum atomic E-state index is 11.8. The van der Waals surface area contributed by atoms with Gasteiger partial charge in [0.1, 0.15) is 0 Å². The molecule has 1 amide bonds. The second kappa shape index (κ2) is 4.05. The summed E-state index contributed by atoms with van der Waals surface area (Å²) in [5.41, 5.74) is 0.744. The molecule has 1 aromatic heterocycles. The van der Waals surface area contributed by atoms with Gasteiger partial charge in [0.2, 0.25) is 0 Å². The summed E-state index contributed by atoms with van der Waals surface area (Å²) in [5, 5.41) is 9.64. The van der Waals surface area contributed by atoms with Crippen molar-refractivity contribution in [3.05, 3.63) is 12.3 Å². The van der Waals surface area contributed by atoms with Crippen LogP contribution in [-0.2, 0) is 16.6 Å². The van der Waals surface area contributed by atoms with Crippen molar-refractivity contribution in [2.45, 2.75) is 19.4 Å². The summed E-state index contributed by atoms with van der Waals surface area (Å²) in [6, 6.07) is 1.75. The van der Waals surface area contributed by atoms with Gasteiger partial charge >= 0.3 is 0 Å². The predicted octanol–water partition coefficient (Wildman–Crippen LogP) is 0.548. The molecule has 0 N–H and O–H groups in total. The van der Waals surface area contributed by atoms with Crippen LogP contribution in [0.1, 0.15) is 13.3 Å². The summed E-state index contributed by atoms with van der Waals surface area (Å²) < 4.78 is 6.76. The number of amides is 1. The molecule has 1 aliphatic heterocycles. The number of methoxy groups -OCH3 is 1. The molecule has 16 heavy (non-hydrogen) atoms. The van der Waals surface area contributed by atoms with E-state index in [9.17, 15) is 4.79 Å². The highest BCUT2D eigenvalue weighted by Crippen LogP contribution is 2.20. The van der Waals surface area contributed by atoms with Crippen LogP contribution < -0.4 is 5.01 Å². The van der Waals surface area contributed by atoms with Crippen LogP contribution in [0.5, 0.6) is 0 Å². The van der Waals surface area contributed by atoms with E-state index in [1.165, 1.54) is 5.01 Å². The predicted molar refractivity (Wildman–Crippen MR) is 59.2 cm³/mol. The molecule has 0 aliphatic carbocycles. The minimum atomic E-state index is -0.137.